The molecule has 6 nitrogen and oxygen atoms in total. The fourth-order valence-corrected chi connectivity index (χ4v) is 5.56. The van der Waals surface area contributed by atoms with Gasteiger partial charge in [0.25, 0.3) is 11.1 Å². The Kier molecular flexibility index (Phi) is 5.44. The molecule has 0 aromatic carbocycles. The van der Waals surface area contributed by atoms with Gasteiger partial charge in [0, 0.05) is 50.1 Å². The second kappa shape index (κ2) is 7.97. The molecule has 1 fully saturated rings. The first-order chi connectivity index (χ1) is 13.1. The lowest BCUT2D eigenvalue weighted by atomic mass is 10.2. The average molecular weight is 466 g/mol. The molecule has 0 amide bonds. The predicted molar refractivity (Wildman–Crippen MR) is 116 cm³/mol. The van der Waals surface area contributed by atoms with Crippen LogP contribution in [0.25, 0.3) is 20.2 Å². The van der Waals surface area contributed by atoms with Gasteiger partial charge in [-0.3, -0.25) is 9.59 Å². The second-order valence-electron chi connectivity index (χ2n) is 5.90. The largest absolute Gasteiger partial charge is 0.378 e. The minimum Gasteiger partial charge on any atom is -0.378 e. The molecule has 0 saturated carbocycles. The predicted octanol–water partition coefficient (Wildman–Crippen LogP) is 3.78. The molecule has 0 atom stereocenters. The Balaban J connectivity index is 0.000000143. The van der Waals surface area contributed by atoms with Gasteiger partial charge in [0.1, 0.15) is 0 Å². The van der Waals surface area contributed by atoms with E-state index in [0.29, 0.717) is 0 Å². The molecule has 4 aromatic rings. The molecule has 1 aliphatic rings. The molecule has 5 rings (SSSR count). The van der Waals surface area contributed by atoms with Gasteiger partial charge in [0.2, 0.25) is 0 Å². The second-order valence-corrected chi connectivity index (χ2v) is 8.57. The van der Waals surface area contributed by atoms with E-state index in [1.54, 1.807) is 35.1 Å². The third-order valence-electron chi connectivity index (χ3n) is 4.28. The van der Waals surface area contributed by atoms with Gasteiger partial charge in [0.05, 0.1) is 29.7 Å². The van der Waals surface area contributed by atoms with Crippen LogP contribution in [0.15, 0.2) is 49.3 Å². The number of thiophene rings is 2. The maximum Gasteiger partial charge on any atom is 0.258 e. The molecule has 5 heterocycles. The molecular weight excluding hydrogens is 450 g/mol. The number of hydrogen-bond acceptors (Lipinski definition) is 6. The van der Waals surface area contributed by atoms with Crippen molar-refractivity contribution in [2.75, 3.05) is 31.2 Å². The van der Waals surface area contributed by atoms with Gasteiger partial charge in [-0.25, -0.2) is 0 Å². The van der Waals surface area contributed by atoms with Gasteiger partial charge in [0.15, 0.2) is 0 Å². The molecule has 2 N–H and O–H groups in total. The summed E-state index contributed by atoms with van der Waals surface area (Å²) in [6, 6.07) is 3.84. The molecule has 4 aromatic heterocycles. The number of hydrogen-bond donors (Lipinski definition) is 2. The number of nitrogens with one attached hydrogen (secondary N) is 2. The monoisotopic (exact) mass is 465 g/mol. The van der Waals surface area contributed by atoms with Gasteiger partial charge < -0.3 is 19.6 Å². The number of halogens is 1. The zero-order chi connectivity index (χ0) is 18.8. The number of aromatic amines is 2. The van der Waals surface area contributed by atoms with Crippen LogP contribution in [0.2, 0.25) is 0 Å². The van der Waals surface area contributed by atoms with Crippen molar-refractivity contribution in [3.05, 3.63) is 60.5 Å². The van der Waals surface area contributed by atoms with E-state index in [9.17, 15) is 9.59 Å². The van der Waals surface area contributed by atoms with Crippen LogP contribution < -0.4 is 16.0 Å². The number of nitrogens with zero attached hydrogens (tertiary/aromatic N) is 1. The number of fused-ring (bicyclic) bond motifs is 2. The molecule has 27 heavy (non-hydrogen) atoms. The Bertz CT molecular complexity index is 1190. The minimum absolute atomic E-state index is 0.000224. The topological polar surface area (TPSA) is 78.2 Å². The minimum atomic E-state index is -0.0318. The van der Waals surface area contributed by atoms with Crippen LogP contribution in [0.4, 0.5) is 5.69 Å². The Morgan fingerprint density at radius 3 is 2.19 bits per heavy atom. The van der Waals surface area contributed by atoms with Crippen LogP contribution in [0, 0.1) is 0 Å². The summed E-state index contributed by atoms with van der Waals surface area (Å²) in [6.07, 6.45) is 3.36. The lowest BCUT2D eigenvalue weighted by Crippen LogP contribution is -2.36. The summed E-state index contributed by atoms with van der Waals surface area (Å²) < 4.78 is 8.25. The van der Waals surface area contributed by atoms with E-state index in [1.807, 2.05) is 17.5 Å². The lowest BCUT2D eigenvalue weighted by molar-refractivity contribution is 0.123. The zero-order valence-corrected chi connectivity index (χ0v) is 17.4. The van der Waals surface area contributed by atoms with Crippen LogP contribution in [0.1, 0.15) is 0 Å². The Labute approximate surface area is 170 Å². The average Bonchev–Trinajstić information content (AvgIpc) is 3.29. The number of rotatable bonds is 1. The van der Waals surface area contributed by atoms with Crippen molar-refractivity contribution >= 4 is 64.5 Å². The Hall–Kier alpha value is -1.94. The van der Waals surface area contributed by atoms with E-state index in [1.165, 1.54) is 0 Å². The number of ether oxygens (including phenoxy) is 1. The summed E-state index contributed by atoms with van der Waals surface area (Å²) in [6.45, 7) is 3.20. The molecule has 9 heteroatoms. The van der Waals surface area contributed by atoms with Crippen molar-refractivity contribution in [3.63, 3.8) is 0 Å². The molecule has 1 aliphatic heterocycles. The summed E-state index contributed by atoms with van der Waals surface area (Å²) in [7, 11) is 0. The van der Waals surface area contributed by atoms with Gasteiger partial charge in [-0.15, -0.1) is 22.7 Å². The smallest absolute Gasteiger partial charge is 0.258 e. The van der Waals surface area contributed by atoms with E-state index in [0.717, 1.165) is 56.6 Å². The van der Waals surface area contributed by atoms with E-state index in [-0.39, 0.29) is 11.1 Å². The van der Waals surface area contributed by atoms with E-state index < -0.39 is 0 Å². The fraction of sp³-hybridized carbons (Fsp3) is 0.222. The van der Waals surface area contributed by atoms with Crippen molar-refractivity contribution in [1.29, 1.82) is 0 Å². The first kappa shape index (κ1) is 18.4. The molecule has 140 valence electrons. The van der Waals surface area contributed by atoms with E-state index in [2.05, 4.69) is 36.2 Å². The van der Waals surface area contributed by atoms with Crippen LogP contribution >= 0.6 is 38.6 Å². The summed E-state index contributed by atoms with van der Waals surface area (Å²) >= 11 is 6.49. The SMILES string of the molecule is O=c1[nH]ccc2scc(Br)c12.O=c1[nH]ccc2scc(N3CCOCC3)c12. The van der Waals surface area contributed by atoms with Crippen LogP contribution in [0.5, 0.6) is 0 Å². The number of aromatic nitrogens is 2. The zero-order valence-electron chi connectivity index (χ0n) is 14.2. The quantitative estimate of drug-likeness (QED) is 0.448. The lowest BCUT2D eigenvalue weighted by Gasteiger charge is -2.28. The van der Waals surface area contributed by atoms with Crippen molar-refractivity contribution in [3.8, 4) is 0 Å². The highest BCUT2D eigenvalue weighted by molar-refractivity contribution is 9.10. The molecule has 0 unspecified atom stereocenters. The van der Waals surface area contributed by atoms with Crippen LogP contribution in [-0.2, 0) is 4.74 Å². The van der Waals surface area contributed by atoms with Gasteiger partial charge >= 0.3 is 0 Å². The molecule has 0 radical (unpaired) electrons. The third kappa shape index (κ3) is 3.73. The summed E-state index contributed by atoms with van der Waals surface area (Å²) in [5.41, 5.74) is 1.01. The third-order valence-corrected chi connectivity index (χ3v) is 7.09. The van der Waals surface area contributed by atoms with Crippen molar-refractivity contribution in [1.82, 2.24) is 9.97 Å². The Morgan fingerprint density at radius 1 is 0.926 bits per heavy atom. The van der Waals surface area contributed by atoms with Crippen LogP contribution in [0.3, 0.4) is 0 Å². The molecule has 0 spiro atoms. The van der Waals surface area contributed by atoms with Crippen molar-refractivity contribution in [2.45, 2.75) is 0 Å². The first-order valence-electron chi connectivity index (χ1n) is 8.31. The highest BCUT2D eigenvalue weighted by Gasteiger charge is 2.16. The number of morpholine rings is 1. The standard InChI is InChI=1S/C11H12N2O2S.C7H4BrNOS/c14-11-10-8(13-3-5-15-6-4-13)7-16-9(10)1-2-12-11;8-4-3-11-5-1-2-9-7(10)6(4)5/h1-2,7H,3-6H2,(H,12,14);1-3H,(H,9,10). The van der Waals surface area contributed by atoms with E-state index in [4.69, 9.17) is 4.74 Å². The van der Waals surface area contributed by atoms with Gasteiger partial charge in [-0.2, -0.15) is 0 Å². The highest BCUT2D eigenvalue weighted by Crippen LogP contribution is 2.30. The van der Waals surface area contributed by atoms with Crippen LogP contribution in [-0.4, -0.2) is 36.3 Å². The summed E-state index contributed by atoms with van der Waals surface area (Å²) in [4.78, 5) is 30.6. The van der Waals surface area contributed by atoms with E-state index >= 15 is 0 Å². The number of anilines is 1. The van der Waals surface area contributed by atoms with Gasteiger partial charge in [-0.05, 0) is 28.1 Å². The molecular formula is C18H16BrN3O3S2. The maximum atomic E-state index is 11.8. The highest BCUT2D eigenvalue weighted by atomic mass is 79.9. The summed E-state index contributed by atoms with van der Waals surface area (Å²) in [5.74, 6) is 0. The van der Waals surface area contributed by atoms with Crippen molar-refractivity contribution in [2.24, 2.45) is 0 Å². The number of H-pyrrole nitrogens is 2. The summed E-state index contributed by atoms with van der Waals surface area (Å²) in [5, 5.41) is 5.54. The maximum absolute atomic E-state index is 11.8. The molecule has 0 aliphatic carbocycles. The van der Waals surface area contributed by atoms with Crippen molar-refractivity contribution < 1.29 is 4.74 Å². The first-order valence-corrected chi connectivity index (χ1v) is 10.9. The Morgan fingerprint density at radius 2 is 1.52 bits per heavy atom. The normalized spacial score (nSPS) is 14.3. The number of pyridine rings is 2. The molecule has 1 saturated heterocycles. The molecule has 0 bridgehead atoms. The van der Waals surface area contributed by atoms with Gasteiger partial charge in [-0.1, -0.05) is 0 Å². The fourth-order valence-electron chi connectivity index (χ4n) is 2.98.